The lowest BCUT2D eigenvalue weighted by molar-refractivity contribution is 0.928. The van der Waals surface area contributed by atoms with Gasteiger partial charge in [-0.1, -0.05) is 60.7 Å². The molecule has 5 aromatic rings. The van der Waals surface area contributed by atoms with Gasteiger partial charge in [-0.15, -0.1) is 0 Å². The second kappa shape index (κ2) is 8.90. The van der Waals surface area contributed by atoms with Crippen molar-refractivity contribution < 1.29 is 0 Å². The van der Waals surface area contributed by atoms with Gasteiger partial charge >= 0.3 is 0 Å². The lowest BCUT2D eigenvalue weighted by atomic mass is 9.93. The van der Waals surface area contributed by atoms with Crippen LogP contribution in [0.25, 0.3) is 45.0 Å². The van der Waals surface area contributed by atoms with Gasteiger partial charge in [-0.3, -0.25) is 0 Å². The van der Waals surface area contributed by atoms with Gasteiger partial charge in [-0.2, -0.15) is 0 Å². The summed E-state index contributed by atoms with van der Waals surface area (Å²) in [5, 5.41) is 0. The number of nitrogens with zero attached hydrogens (tertiary/aromatic N) is 6. The zero-order valence-corrected chi connectivity index (χ0v) is 19.6. The number of hydrogen-bond acceptors (Lipinski definition) is 6. The van der Waals surface area contributed by atoms with E-state index < -0.39 is 0 Å². The van der Waals surface area contributed by atoms with Gasteiger partial charge in [0.25, 0.3) is 0 Å². The smallest absolute Gasteiger partial charge is 0.163 e. The van der Waals surface area contributed by atoms with Crippen LogP contribution >= 0.6 is 0 Å². The molecule has 0 saturated heterocycles. The molecule has 166 valence electrons. The summed E-state index contributed by atoms with van der Waals surface area (Å²) in [6, 6.07) is 25.1. The first kappa shape index (κ1) is 21.5. The highest BCUT2D eigenvalue weighted by Crippen LogP contribution is 2.35. The summed E-state index contributed by atoms with van der Waals surface area (Å²) >= 11 is 0. The number of rotatable bonds is 4. The van der Waals surface area contributed by atoms with Crippen LogP contribution in [0.3, 0.4) is 0 Å². The van der Waals surface area contributed by atoms with Crippen molar-refractivity contribution in [2.45, 2.75) is 27.7 Å². The van der Waals surface area contributed by atoms with Crippen molar-refractivity contribution >= 4 is 0 Å². The Bertz CT molecular complexity index is 1350. The van der Waals surface area contributed by atoms with Crippen LogP contribution in [-0.4, -0.2) is 29.9 Å². The number of aromatic nitrogens is 6. The third-order valence-electron chi connectivity index (χ3n) is 5.51. The van der Waals surface area contributed by atoms with E-state index in [1.807, 2.05) is 52.0 Å². The molecule has 0 aliphatic heterocycles. The summed E-state index contributed by atoms with van der Waals surface area (Å²) < 4.78 is 0. The lowest BCUT2D eigenvalue weighted by Gasteiger charge is -2.13. The fourth-order valence-electron chi connectivity index (χ4n) is 4.13. The Balaban J connectivity index is 1.59. The minimum atomic E-state index is 0.687. The molecule has 0 unspecified atom stereocenters. The van der Waals surface area contributed by atoms with Gasteiger partial charge in [-0.25, -0.2) is 29.9 Å². The molecule has 6 nitrogen and oxygen atoms in total. The second-order valence-electron chi connectivity index (χ2n) is 8.21. The Morgan fingerprint density at radius 3 is 1.12 bits per heavy atom. The van der Waals surface area contributed by atoms with E-state index in [-0.39, 0.29) is 0 Å². The Kier molecular flexibility index (Phi) is 5.64. The van der Waals surface area contributed by atoms with Crippen molar-refractivity contribution in [3.05, 3.63) is 96.1 Å². The Morgan fingerprint density at radius 2 is 0.735 bits per heavy atom. The van der Waals surface area contributed by atoms with Gasteiger partial charge in [0.2, 0.25) is 0 Å². The molecule has 0 saturated carbocycles. The molecular weight excluding hydrogens is 420 g/mol. The molecule has 0 aliphatic rings. The standard InChI is InChI=1S/C28H24N6/c1-17-29-18(2)32-27(31-17)23-11-7-9-21(15-23)25-13-5-6-14-26(25)22-10-8-12-24(16-22)28-33-19(3)30-20(4)34-28/h5-16H,1-4H3. The number of hydrogen-bond donors (Lipinski definition) is 0. The summed E-state index contributed by atoms with van der Waals surface area (Å²) in [4.78, 5) is 26.8. The Morgan fingerprint density at radius 1 is 0.382 bits per heavy atom. The van der Waals surface area contributed by atoms with Crippen LogP contribution in [0.4, 0.5) is 0 Å². The fraction of sp³-hybridized carbons (Fsp3) is 0.143. The Labute approximate surface area is 198 Å². The number of benzene rings is 3. The Hall–Kier alpha value is -4.32. The summed E-state index contributed by atoms with van der Waals surface area (Å²) in [7, 11) is 0. The van der Waals surface area contributed by atoms with E-state index in [4.69, 9.17) is 0 Å². The van der Waals surface area contributed by atoms with E-state index >= 15 is 0 Å². The molecule has 2 heterocycles. The molecular formula is C28H24N6. The van der Waals surface area contributed by atoms with E-state index in [1.54, 1.807) is 0 Å². The molecule has 0 N–H and O–H groups in total. The van der Waals surface area contributed by atoms with Crippen LogP contribution < -0.4 is 0 Å². The van der Waals surface area contributed by atoms with Crippen LogP contribution in [0.5, 0.6) is 0 Å². The molecule has 0 radical (unpaired) electrons. The van der Waals surface area contributed by atoms with Gasteiger partial charge in [-0.05, 0) is 62.1 Å². The molecule has 0 bridgehead atoms. The monoisotopic (exact) mass is 444 g/mol. The van der Waals surface area contributed by atoms with Crippen molar-refractivity contribution in [2.24, 2.45) is 0 Å². The largest absolute Gasteiger partial charge is 0.219 e. The normalized spacial score (nSPS) is 10.9. The molecule has 34 heavy (non-hydrogen) atoms. The first-order valence-corrected chi connectivity index (χ1v) is 11.2. The van der Waals surface area contributed by atoms with E-state index in [0.717, 1.165) is 33.4 Å². The van der Waals surface area contributed by atoms with Crippen molar-refractivity contribution in [3.8, 4) is 45.0 Å². The molecule has 0 spiro atoms. The van der Waals surface area contributed by atoms with E-state index in [1.165, 1.54) is 0 Å². The molecule has 3 aromatic carbocycles. The van der Waals surface area contributed by atoms with Crippen LogP contribution in [0.15, 0.2) is 72.8 Å². The van der Waals surface area contributed by atoms with Gasteiger partial charge in [0, 0.05) is 11.1 Å². The summed E-state index contributed by atoms with van der Waals surface area (Å²) in [6.45, 7) is 7.55. The maximum absolute atomic E-state index is 4.54. The van der Waals surface area contributed by atoms with Gasteiger partial charge in [0.15, 0.2) is 11.6 Å². The number of aryl methyl sites for hydroxylation is 4. The third-order valence-corrected chi connectivity index (χ3v) is 5.51. The van der Waals surface area contributed by atoms with Crippen molar-refractivity contribution in [3.63, 3.8) is 0 Å². The van der Waals surface area contributed by atoms with Gasteiger partial charge in [0.1, 0.15) is 23.3 Å². The summed E-state index contributed by atoms with van der Waals surface area (Å²) in [5.74, 6) is 4.24. The molecule has 6 heteroatoms. The summed E-state index contributed by atoms with van der Waals surface area (Å²) in [6.07, 6.45) is 0. The van der Waals surface area contributed by atoms with Gasteiger partial charge < -0.3 is 0 Å². The van der Waals surface area contributed by atoms with Crippen molar-refractivity contribution in [1.82, 2.24) is 29.9 Å². The maximum atomic E-state index is 4.54. The van der Waals surface area contributed by atoms with Crippen molar-refractivity contribution in [2.75, 3.05) is 0 Å². The van der Waals surface area contributed by atoms with E-state index in [0.29, 0.717) is 34.9 Å². The average molecular weight is 445 g/mol. The van der Waals surface area contributed by atoms with E-state index in [9.17, 15) is 0 Å². The molecule has 0 aliphatic carbocycles. The highest BCUT2D eigenvalue weighted by molar-refractivity contribution is 5.86. The molecule has 0 atom stereocenters. The van der Waals surface area contributed by atoms with Crippen LogP contribution in [0.1, 0.15) is 23.3 Å². The predicted octanol–water partition coefficient (Wildman–Crippen LogP) is 5.96. The lowest BCUT2D eigenvalue weighted by Crippen LogP contribution is -1.99. The summed E-state index contributed by atoms with van der Waals surface area (Å²) in [5.41, 5.74) is 6.39. The van der Waals surface area contributed by atoms with Crippen LogP contribution in [-0.2, 0) is 0 Å². The highest BCUT2D eigenvalue weighted by Gasteiger charge is 2.12. The van der Waals surface area contributed by atoms with Crippen LogP contribution in [0, 0.1) is 27.7 Å². The maximum Gasteiger partial charge on any atom is 0.163 e. The second-order valence-corrected chi connectivity index (χ2v) is 8.21. The zero-order chi connectivity index (χ0) is 23.7. The van der Waals surface area contributed by atoms with Crippen molar-refractivity contribution in [1.29, 1.82) is 0 Å². The molecule has 0 fully saturated rings. The minimum Gasteiger partial charge on any atom is -0.219 e. The SMILES string of the molecule is Cc1nc(C)nc(-c2cccc(-c3ccccc3-c3cccc(-c4nc(C)nc(C)n4)c3)c2)n1. The average Bonchev–Trinajstić information content (AvgIpc) is 2.83. The van der Waals surface area contributed by atoms with E-state index in [2.05, 4.69) is 78.4 Å². The molecule has 2 aromatic heterocycles. The minimum absolute atomic E-state index is 0.687. The first-order chi connectivity index (χ1) is 16.5. The quantitative estimate of drug-likeness (QED) is 0.340. The fourth-order valence-corrected chi connectivity index (χ4v) is 4.13. The predicted molar refractivity (Wildman–Crippen MR) is 134 cm³/mol. The third kappa shape index (κ3) is 4.43. The molecule has 5 rings (SSSR count). The van der Waals surface area contributed by atoms with Crippen LogP contribution in [0.2, 0.25) is 0 Å². The molecule has 0 amide bonds. The first-order valence-electron chi connectivity index (χ1n) is 11.2. The highest BCUT2D eigenvalue weighted by atomic mass is 15.0. The van der Waals surface area contributed by atoms with Gasteiger partial charge in [0.05, 0.1) is 0 Å². The topological polar surface area (TPSA) is 77.3 Å². The zero-order valence-electron chi connectivity index (χ0n) is 19.6.